The Hall–Kier alpha value is -1.13. The lowest BCUT2D eigenvalue weighted by atomic mass is 10.1. The summed E-state index contributed by atoms with van der Waals surface area (Å²) in [7, 11) is 0. The summed E-state index contributed by atoms with van der Waals surface area (Å²) < 4.78 is 13.3. The van der Waals surface area contributed by atoms with E-state index in [4.69, 9.17) is 0 Å². The molecule has 0 radical (unpaired) electrons. The second kappa shape index (κ2) is 5.47. The smallest absolute Gasteiger partial charge is 0.165 e. The summed E-state index contributed by atoms with van der Waals surface area (Å²) in [5, 5.41) is 12.9. The first-order chi connectivity index (χ1) is 8.16. The minimum Gasteiger partial charge on any atom is -0.505 e. The van der Waals surface area contributed by atoms with Crippen LogP contribution >= 0.6 is 0 Å². The molecule has 0 aliphatic carbocycles. The number of phenolic OH excluding ortho intramolecular Hbond substituents is 1. The highest BCUT2D eigenvalue weighted by atomic mass is 19.1. The minimum absolute atomic E-state index is 0.189. The van der Waals surface area contributed by atoms with Gasteiger partial charge < -0.3 is 15.3 Å². The van der Waals surface area contributed by atoms with Crippen molar-refractivity contribution >= 4 is 0 Å². The number of hydrogen-bond acceptors (Lipinski definition) is 3. The number of rotatable bonds is 3. The van der Waals surface area contributed by atoms with E-state index in [0.29, 0.717) is 12.0 Å². The van der Waals surface area contributed by atoms with E-state index >= 15 is 0 Å². The van der Waals surface area contributed by atoms with Crippen molar-refractivity contribution < 1.29 is 9.50 Å². The molecule has 1 saturated heterocycles. The SMILES string of the molecule is Cc1cc(F)c(O)c(CCN2CCNCC2)c1. The van der Waals surface area contributed by atoms with Gasteiger partial charge in [-0.2, -0.15) is 0 Å². The van der Waals surface area contributed by atoms with Crippen molar-refractivity contribution in [2.45, 2.75) is 13.3 Å². The molecule has 0 aromatic heterocycles. The second-order valence-corrected chi connectivity index (χ2v) is 4.60. The van der Waals surface area contributed by atoms with Crippen molar-refractivity contribution in [3.8, 4) is 5.75 Å². The number of phenols is 1. The summed E-state index contributed by atoms with van der Waals surface area (Å²) in [6.07, 6.45) is 0.699. The number of benzene rings is 1. The van der Waals surface area contributed by atoms with Gasteiger partial charge in [-0.1, -0.05) is 6.07 Å². The molecule has 1 heterocycles. The van der Waals surface area contributed by atoms with Crippen molar-refractivity contribution in [2.24, 2.45) is 0 Å². The van der Waals surface area contributed by atoms with Gasteiger partial charge in [-0.15, -0.1) is 0 Å². The van der Waals surface area contributed by atoms with Crippen LogP contribution in [0.4, 0.5) is 4.39 Å². The quantitative estimate of drug-likeness (QED) is 0.833. The molecule has 0 unspecified atom stereocenters. The molecule has 0 bridgehead atoms. The Kier molecular flexibility index (Phi) is 3.97. The lowest BCUT2D eigenvalue weighted by Gasteiger charge is -2.27. The third-order valence-corrected chi connectivity index (χ3v) is 3.19. The highest BCUT2D eigenvalue weighted by molar-refractivity contribution is 5.37. The van der Waals surface area contributed by atoms with Gasteiger partial charge in [0.2, 0.25) is 0 Å². The monoisotopic (exact) mass is 238 g/mol. The van der Waals surface area contributed by atoms with Crippen LogP contribution in [0.25, 0.3) is 0 Å². The van der Waals surface area contributed by atoms with E-state index in [1.54, 1.807) is 0 Å². The highest BCUT2D eigenvalue weighted by Crippen LogP contribution is 2.23. The Morgan fingerprint density at radius 2 is 2.06 bits per heavy atom. The molecule has 17 heavy (non-hydrogen) atoms. The predicted octanol–water partition coefficient (Wildman–Crippen LogP) is 1.29. The fourth-order valence-electron chi connectivity index (χ4n) is 2.21. The molecule has 94 valence electrons. The van der Waals surface area contributed by atoms with Gasteiger partial charge in [-0.05, 0) is 30.5 Å². The Labute approximate surface area is 101 Å². The van der Waals surface area contributed by atoms with Crippen molar-refractivity contribution in [3.05, 3.63) is 29.1 Å². The first-order valence-electron chi connectivity index (χ1n) is 6.08. The number of hydrogen-bond donors (Lipinski definition) is 2. The average molecular weight is 238 g/mol. The van der Waals surface area contributed by atoms with Gasteiger partial charge in [0.15, 0.2) is 11.6 Å². The largest absolute Gasteiger partial charge is 0.505 e. The zero-order valence-corrected chi connectivity index (χ0v) is 10.2. The van der Waals surface area contributed by atoms with E-state index in [-0.39, 0.29) is 5.75 Å². The van der Waals surface area contributed by atoms with Crippen LogP contribution in [-0.2, 0) is 6.42 Å². The summed E-state index contributed by atoms with van der Waals surface area (Å²) in [6, 6.07) is 3.23. The van der Waals surface area contributed by atoms with Gasteiger partial charge in [0.25, 0.3) is 0 Å². The van der Waals surface area contributed by atoms with E-state index in [1.165, 1.54) is 6.07 Å². The maximum atomic E-state index is 13.3. The van der Waals surface area contributed by atoms with E-state index in [2.05, 4.69) is 10.2 Å². The first kappa shape index (κ1) is 12.3. The molecule has 0 saturated carbocycles. The zero-order valence-electron chi connectivity index (χ0n) is 10.2. The maximum Gasteiger partial charge on any atom is 0.165 e. The average Bonchev–Trinajstić information content (AvgIpc) is 2.33. The number of halogens is 1. The molecule has 3 nitrogen and oxygen atoms in total. The normalized spacial score (nSPS) is 17.3. The molecule has 1 aliphatic heterocycles. The third kappa shape index (κ3) is 3.17. The number of piperazine rings is 1. The van der Waals surface area contributed by atoms with Crippen LogP contribution in [-0.4, -0.2) is 42.7 Å². The summed E-state index contributed by atoms with van der Waals surface area (Å²) in [5.74, 6) is -0.703. The number of nitrogens with one attached hydrogen (secondary N) is 1. The van der Waals surface area contributed by atoms with Gasteiger partial charge in [0.1, 0.15) is 0 Å². The zero-order chi connectivity index (χ0) is 12.3. The van der Waals surface area contributed by atoms with Gasteiger partial charge in [0.05, 0.1) is 0 Å². The molecule has 2 rings (SSSR count). The highest BCUT2D eigenvalue weighted by Gasteiger charge is 2.12. The predicted molar refractivity (Wildman–Crippen MR) is 65.8 cm³/mol. The van der Waals surface area contributed by atoms with Crippen LogP contribution in [0, 0.1) is 12.7 Å². The van der Waals surface area contributed by atoms with Gasteiger partial charge >= 0.3 is 0 Å². The van der Waals surface area contributed by atoms with Gasteiger partial charge in [0, 0.05) is 32.7 Å². The second-order valence-electron chi connectivity index (χ2n) is 4.60. The standard InChI is InChI=1S/C13H19FN2O/c1-10-8-11(13(17)12(14)9-10)2-5-16-6-3-15-4-7-16/h8-9,15,17H,2-7H2,1H3. The maximum absolute atomic E-state index is 13.3. The summed E-state index contributed by atoms with van der Waals surface area (Å²) in [6.45, 7) is 6.78. The van der Waals surface area contributed by atoms with Crippen LogP contribution in [0.15, 0.2) is 12.1 Å². The molecule has 1 fully saturated rings. The van der Waals surface area contributed by atoms with Crippen LogP contribution in [0.5, 0.6) is 5.75 Å². The molecule has 1 aliphatic rings. The van der Waals surface area contributed by atoms with Crippen molar-refractivity contribution in [3.63, 3.8) is 0 Å². The first-order valence-corrected chi connectivity index (χ1v) is 6.08. The van der Waals surface area contributed by atoms with E-state index in [1.807, 2.05) is 13.0 Å². The molecular formula is C13H19FN2O. The van der Waals surface area contributed by atoms with Crippen molar-refractivity contribution in [2.75, 3.05) is 32.7 Å². The Morgan fingerprint density at radius 3 is 2.76 bits per heavy atom. The molecular weight excluding hydrogens is 219 g/mol. The van der Waals surface area contributed by atoms with E-state index in [0.717, 1.165) is 38.3 Å². The van der Waals surface area contributed by atoms with Crippen molar-refractivity contribution in [1.29, 1.82) is 0 Å². The van der Waals surface area contributed by atoms with Crippen LogP contribution in [0.2, 0.25) is 0 Å². The summed E-state index contributed by atoms with van der Waals surface area (Å²) >= 11 is 0. The van der Waals surface area contributed by atoms with Crippen LogP contribution in [0.3, 0.4) is 0 Å². The van der Waals surface area contributed by atoms with E-state index in [9.17, 15) is 9.50 Å². The number of aryl methyl sites for hydroxylation is 1. The molecule has 2 N–H and O–H groups in total. The lowest BCUT2D eigenvalue weighted by Crippen LogP contribution is -2.44. The lowest BCUT2D eigenvalue weighted by molar-refractivity contribution is 0.243. The van der Waals surface area contributed by atoms with Crippen LogP contribution < -0.4 is 5.32 Å². The van der Waals surface area contributed by atoms with E-state index < -0.39 is 5.82 Å². The topological polar surface area (TPSA) is 35.5 Å². The van der Waals surface area contributed by atoms with Crippen molar-refractivity contribution in [1.82, 2.24) is 10.2 Å². The molecule has 0 atom stereocenters. The molecule has 1 aromatic carbocycles. The molecule has 4 heteroatoms. The Morgan fingerprint density at radius 1 is 1.35 bits per heavy atom. The van der Waals surface area contributed by atoms with Gasteiger partial charge in [-0.25, -0.2) is 4.39 Å². The Bertz CT molecular complexity index is 389. The fourth-order valence-corrected chi connectivity index (χ4v) is 2.21. The fraction of sp³-hybridized carbons (Fsp3) is 0.538. The van der Waals surface area contributed by atoms with Gasteiger partial charge in [-0.3, -0.25) is 0 Å². The summed E-state index contributed by atoms with van der Waals surface area (Å²) in [4.78, 5) is 2.33. The number of aromatic hydroxyl groups is 1. The summed E-state index contributed by atoms with van der Waals surface area (Å²) in [5.41, 5.74) is 1.57. The Balaban J connectivity index is 1.98. The minimum atomic E-state index is -0.514. The number of nitrogens with zero attached hydrogens (tertiary/aromatic N) is 1. The third-order valence-electron chi connectivity index (χ3n) is 3.19. The molecule has 0 spiro atoms. The van der Waals surface area contributed by atoms with Crippen LogP contribution in [0.1, 0.15) is 11.1 Å². The molecule has 1 aromatic rings. The molecule has 0 amide bonds.